The summed E-state index contributed by atoms with van der Waals surface area (Å²) in [5.41, 5.74) is 0. The van der Waals surface area contributed by atoms with Gasteiger partial charge in [0.25, 0.3) is 0 Å². The zero-order chi connectivity index (χ0) is 25.8. The van der Waals surface area contributed by atoms with Gasteiger partial charge in [-0.2, -0.15) is 0 Å². The summed E-state index contributed by atoms with van der Waals surface area (Å²) in [7, 11) is 0. The number of hydrogen-bond donors (Lipinski definition) is 0. The average Bonchev–Trinajstić information content (AvgIpc) is 2.86. The van der Waals surface area contributed by atoms with Gasteiger partial charge in [-0.15, -0.1) is 0 Å². The molecule has 0 aromatic rings. The molecule has 0 fully saturated rings. The van der Waals surface area contributed by atoms with Crippen LogP contribution in [0.1, 0.15) is 72.1 Å². The van der Waals surface area contributed by atoms with Crippen LogP contribution in [0.3, 0.4) is 0 Å². The van der Waals surface area contributed by atoms with E-state index in [2.05, 4.69) is 13.8 Å². The van der Waals surface area contributed by atoms with Crippen LogP contribution in [0.5, 0.6) is 0 Å². The van der Waals surface area contributed by atoms with Gasteiger partial charge in [0.1, 0.15) is 13.2 Å². The topological polar surface area (TPSA) is 98.8 Å². The molecule has 0 saturated carbocycles. The molecule has 9 heteroatoms. The highest BCUT2D eigenvalue weighted by Crippen LogP contribution is 2.14. The molecule has 0 saturated heterocycles. The first kappa shape index (κ1) is 33.7. The van der Waals surface area contributed by atoms with Crippen LogP contribution in [-0.2, 0) is 42.7 Å². The fraction of sp³-hybridized carbons (Fsp3) is 0.923. The quantitative estimate of drug-likeness (QED) is 0.121. The first-order valence-corrected chi connectivity index (χ1v) is 13.4. The van der Waals surface area contributed by atoms with Gasteiger partial charge < -0.3 is 33.2 Å². The average molecular weight is 507 g/mol. The van der Waals surface area contributed by atoms with E-state index >= 15 is 0 Å². The van der Waals surface area contributed by atoms with Crippen molar-refractivity contribution in [1.82, 2.24) is 0 Å². The van der Waals surface area contributed by atoms with Crippen LogP contribution in [0, 0.1) is 5.92 Å². The second-order valence-electron chi connectivity index (χ2n) is 8.15. The van der Waals surface area contributed by atoms with E-state index in [1.165, 1.54) is 0 Å². The Hall–Kier alpha value is -1.26. The maximum absolute atomic E-state index is 12.0. The molecule has 0 heterocycles. The summed E-state index contributed by atoms with van der Waals surface area (Å²) in [5, 5.41) is 0. The third-order valence-corrected chi connectivity index (χ3v) is 5.17. The van der Waals surface area contributed by atoms with E-state index < -0.39 is 0 Å². The van der Waals surface area contributed by atoms with Crippen molar-refractivity contribution in [3.8, 4) is 0 Å². The van der Waals surface area contributed by atoms with E-state index in [9.17, 15) is 9.59 Å². The molecule has 0 N–H and O–H groups in total. The van der Waals surface area contributed by atoms with Crippen molar-refractivity contribution in [3.05, 3.63) is 0 Å². The molecule has 35 heavy (non-hydrogen) atoms. The number of esters is 2. The van der Waals surface area contributed by atoms with E-state index in [1.54, 1.807) is 0 Å². The summed E-state index contributed by atoms with van der Waals surface area (Å²) in [6.07, 6.45) is 7.34. The smallest absolute Gasteiger partial charge is 0.308 e. The minimum absolute atomic E-state index is 0.0000985. The second kappa shape index (κ2) is 27.3. The highest BCUT2D eigenvalue weighted by atomic mass is 16.6. The normalized spacial score (nSPS) is 12.0. The zero-order valence-corrected chi connectivity index (χ0v) is 22.4. The van der Waals surface area contributed by atoms with Gasteiger partial charge in [-0.3, -0.25) is 9.59 Å². The Labute approximate surface area is 212 Å². The molecule has 0 aromatic heterocycles. The Balaban J connectivity index is 3.24. The third kappa shape index (κ3) is 24.2. The van der Waals surface area contributed by atoms with Crippen LogP contribution in [0.4, 0.5) is 0 Å². The Kier molecular flexibility index (Phi) is 26.3. The number of unbranched alkanes of at least 4 members (excludes halogenated alkanes) is 3. The lowest BCUT2D eigenvalue weighted by Gasteiger charge is -2.13. The molecule has 0 bridgehead atoms. The molecule has 0 aliphatic rings. The van der Waals surface area contributed by atoms with Crippen molar-refractivity contribution in [2.45, 2.75) is 72.1 Å². The summed E-state index contributed by atoms with van der Waals surface area (Å²) in [6.45, 7) is 11.3. The van der Waals surface area contributed by atoms with Crippen molar-refractivity contribution in [2.75, 3.05) is 79.3 Å². The fourth-order valence-electron chi connectivity index (χ4n) is 3.05. The first-order chi connectivity index (χ1) is 17.2. The number of ether oxygens (including phenoxy) is 7. The lowest BCUT2D eigenvalue weighted by atomic mass is 10.00. The maximum Gasteiger partial charge on any atom is 0.308 e. The predicted molar refractivity (Wildman–Crippen MR) is 133 cm³/mol. The Morgan fingerprint density at radius 2 is 0.971 bits per heavy atom. The number of carbonyl (C=O) groups excluding carboxylic acids is 2. The van der Waals surface area contributed by atoms with Gasteiger partial charge in [0, 0.05) is 6.42 Å². The van der Waals surface area contributed by atoms with E-state index in [0.717, 1.165) is 44.9 Å². The minimum atomic E-state index is -0.159. The lowest BCUT2D eigenvalue weighted by molar-refractivity contribution is -0.150. The monoisotopic (exact) mass is 506 g/mol. The van der Waals surface area contributed by atoms with Gasteiger partial charge in [-0.05, 0) is 19.3 Å². The molecular weight excluding hydrogens is 456 g/mol. The molecule has 0 aliphatic heterocycles. The summed E-state index contributed by atoms with van der Waals surface area (Å²) in [4.78, 5) is 23.4. The van der Waals surface area contributed by atoms with Crippen LogP contribution >= 0.6 is 0 Å². The Morgan fingerprint density at radius 1 is 0.543 bits per heavy atom. The highest BCUT2D eigenvalue weighted by Gasteiger charge is 2.16. The standard InChI is InChI=1S/C26H50O9/c1-4-7-9-11-25(27)34-22-20-32-18-16-30-14-12-29-13-15-31-17-19-33-21-23-35-26(28)24(6-3)10-8-5-2/h24H,4-23H2,1-3H3. The van der Waals surface area contributed by atoms with E-state index in [4.69, 9.17) is 33.2 Å². The molecule has 208 valence electrons. The minimum Gasteiger partial charge on any atom is -0.463 e. The lowest BCUT2D eigenvalue weighted by Crippen LogP contribution is -2.20. The van der Waals surface area contributed by atoms with Gasteiger partial charge in [0.15, 0.2) is 0 Å². The van der Waals surface area contributed by atoms with Crippen LogP contribution < -0.4 is 0 Å². The van der Waals surface area contributed by atoms with Gasteiger partial charge in [0.2, 0.25) is 0 Å². The van der Waals surface area contributed by atoms with Crippen LogP contribution in [0.15, 0.2) is 0 Å². The highest BCUT2D eigenvalue weighted by molar-refractivity contribution is 5.72. The van der Waals surface area contributed by atoms with Crippen molar-refractivity contribution >= 4 is 11.9 Å². The SMILES string of the molecule is CCCCCC(=O)OCCOCCOCCOCCOCCOCCOC(=O)C(CC)CCCC. The summed E-state index contributed by atoms with van der Waals surface area (Å²) >= 11 is 0. The van der Waals surface area contributed by atoms with E-state index in [0.29, 0.717) is 72.5 Å². The van der Waals surface area contributed by atoms with Crippen molar-refractivity contribution in [2.24, 2.45) is 5.92 Å². The van der Waals surface area contributed by atoms with E-state index in [-0.39, 0.29) is 31.1 Å². The van der Waals surface area contributed by atoms with Crippen molar-refractivity contribution in [1.29, 1.82) is 0 Å². The Bertz CT molecular complexity index is 474. The molecule has 0 amide bonds. The number of carbonyl (C=O) groups is 2. The molecule has 1 unspecified atom stereocenters. The predicted octanol–water partition coefficient (Wildman–Crippen LogP) is 3.95. The van der Waals surface area contributed by atoms with Crippen LogP contribution in [0.25, 0.3) is 0 Å². The van der Waals surface area contributed by atoms with E-state index in [1.807, 2.05) is 6.92 Å². The molecule has 0 aromatic carbocycles. The number of rotatable bonds is 27. The molecule has 9 nitrogen and oxygen atoms in total. The fourth-order valence-corrected chi connectivity index (χ4v) is 3.05. The van der Waals surface area contributed by atoms with Gasteiger partial charge in [0.05, 0.1) is 72.0 Å². The van der Waals surface area contributed by atoms with Gasteiger partial charge in [-0.25, -0.2) is 0 Å². The molecule has 0 radical (unpaired) electrons. The number of hydrogen-bond acceptors (Lipinski definition) is 9. The Morgan fingerprint density at radius 3 is 1.40 bits per heavy atom. The molecular formula is C26H50O9. The molecule has 0 aliphatic carbocycles. The van der Waals surface area contributed by atoms with Crippen LogP contribution in [0.2, 0.25) is 0 Å². The molecule has 0 spiro atoms. The van der Waals surface area contributed by atoms with Gasteiger partial charge >= 0.3 is 11.9 Å². The first-order valence-electron chi connectivity index (χ1n) is 13.4. The summed E-state index contributed by atoms with van der Waals surface area (Å²) in [6, 6.07) is 0. The zero-order valence-electron chi connectivity index (χ0n) is 22.4. The van der Waals surface area contributed by atoms with Crippen molar-refractivity contribution in [3.63, 3.8) is 0 Å². The largest absolute Gasteiger partial charge is 0.463 e. The molecule has 1 atom stereocenters. The van der Waals surface area contributed by atoms with Crippen LogP contribution in [-0.4, -0.2) is 91.2 Å². The second-order valence-corrected chi connectivity index (χ2v) is 8.15. The van der Waals surface area contributed by atoms with Crippen molar-refractivity contribution < 1.29 is 42.7 Å². The summed E-state index contributed by atoms with van der Waals surface area (Å²) < 4.78 is 37.4. The summed E-state index contributed by atoms with van der Waals surface area (Å²) in [5.74, 6) is -0.280. The third-order valence-electron chi connectivity index (χ3n) is 5.17. The maximum atomic E-state index is 12.0. The van der Waals surface area contributed by atoms with Gasteiger partial charge in [-0.1, -0.05) is 46.5 Å². The molecule has 0 rings (SSSR count).